The van der Waals surface area contributed by atoms with Gasteiger partial charge < -0.3 is 15.8 Å². The summed E-state index contributed by atoms with van der Waals surface area (Å²) >= 11 is 0. The van der Waals surface area contributed by atoms with Crippen LogP contribution >= 0.6 is 0 Å². The van der Waals surface area contributed by atoms with Gasteiger partial charge in [0.1, 0.15) is 5.75 Å². The Kier molecular flexibility index (Phi) is 5.90. The predicted molar refractivity (Wildman–Crippen MR) is 87.6 cm³/mol. The predicted octanol–water partition coefficient (Wildman–Crippen LogP) is 3.24. The number of hydrogen-bond acceptors (Lipinski definition) is 2. The highest BCUT2D eigenvalue weighted by molar-refractivity contribution is 5.78. The lowest BCUT2D eigenvalue weighted by Crippen LogP contribution is -2.37. The van der Waals surface area contributed by atoms with E-state index in [1.807, 2.05) is 18.2 Å². The van der Waals surface area contributed by atoms with Gasteiger partial charge >= 0.3 is 0 Å². The lowest BCUT2D eigenvalue weighted by atomic mass is 10.0. The van der Waals surface area contributed by atoms with Crippen LogP contribution in [0, 0.1) is 5.92 Å². The van der Waals surface area contributed by atoms with E-state index in [1.54, 1.807) is 0 Å². The molecule has 116 valence electrons. The first-order valence-electron chi connectivity index (χ1n) is 7.95. The minimum absolute atomic E-state index is 0.203. The van der Waals surface area contributed by atoms with Crippen LogP contribution in [0.5, 0.6) is 5.75 Å². The molecule has 0 saturated heterocycles. The summed E-state index contributed by atoms with van der Waals surface area (Å²) in [4.78, 5) is 4.43. The second kappa shape index (κ2) is 7.91. The van der Waals surface area contributed by atoms with Gasteiger partial charge in [-0.05, 0) is 18.4 Å². The van der Waals surface area contributed by atoms with Gasteiger partial charge in [0.05, 0.1) is 12.6 Å². The molecule has 1 aliphatic heterocycles. The first-order valence-corrected chi connectivity index (χ1v) is 7.95. The number of aliphatic imine (C=N–C) groups is 1. The molecule has 0 fully saturated rings. The smallest absolute Gasteiger partial charge is 0.189 e. The molecule has 0 saturated carbocycles. The van der Waals surface area contributed by atoms with Gasteiger partial charge in [0.15, 0.2) is 5.96 Å². The van der Waals surface area contributed by atoms with Crippen molar-refractivity contribution < 1.29 is 4.74 Å². The van der Waals surface area contributed by atoms with Gasteiger partial charge in [0.2, 0.25) is 0 Å². The normalized spacial score (nSPS) is 18.2. The van der Waals surface area contributed by atoms with Gasteiger partial charge in [-0.15, -0.1) is 0 Å². The highest BCUT2D eigenvalue weighted by Crippen LogP contribution is 2.31. The number of unbranched alkanes of at least 4 members (excludes halogenated alkanes) is 1. The van der Waals surface area contributed by atoms with E-state index in [1.165, 1.54) is 18.4 Å². The molecule has 0 amide bonds. The van der Waals surface area contributed by atoms with Crippen LogP contribution in [-0.2, 0) is 0 Å². The third-order valence-electron chi connectivity index (χ3n) is 3.75. The molecule has 1 atom stereocenters. The van der Waals surface area contributed by atoms with Gasteiger partial charge in [-0.2, -0.15) is 0 Å². The Morgan fingerprint density at radius 2 is 2.19 bits per heavy atom. The molecule has 0 radical (unpaired) electrons. The second-order valence-corrected chi connectivity index (χ2v) is 6.03. The summed E-state index contributed by atoms with van der Waals surface area (Å²) in [6.45, 7) is 6.02. The fraction of sp³-hybridized carbons (Fsp3) is 0.588. The lowest BCUT2D eigenvalue weighted by molar-refractivity contribution is 0.262. The molecule has 0 aliphatic carbocycles. The Morgan fingerprint density at radius 1 is 1.38 bits per heavy atom. The van der Waals surface area contributed by atoms with Crippen molar-refractivity contribution in [3.8, 4) is 5.75 Å². The van der Waals surface area contributed by atoms with E-state index >= 15 is 0 Å². The summed E-state index contributed by atoms with van der Waals surface area (Å²) in [5.41, 5.74) is 7.17. The maximum atomic E-state index is 6.00. The third-order valence-corrected chi connectivity index (χ3v) is 3.75. The Bertz CT molecular complexity index is 471. The van der Waals surface area contributed by atoms with Crippen molar-refractivity contribution in [2.24, 2.45) is 16.6 Å². The van der Waals surface area contributed by atoms with Gasteiger partial charge in [-0.25, -0.2) is 0 Å². The van der Waals surface area contributed by atoms with Crippen molar-refractivity contribution in [3.05, 3.63) is 29.8 Å². The lowest BCUT2D eigenvalue weighted by Gasteiger charge is -2.26. The molecule has 1 aromatic rings. The summed E-state index contributed by atoms with van der Waals surface area (Å²) in [5.74, 6) is 2.26. The van der Waals surface area contributed by atoms with E-state index in [4.69, 9.17) is 10.5 Å². The molecule has 3 N–H and O–H groups in total. The number of nitrogens with zero attached hydrogens (tertiary/aromatic N) is 1. The van der Waals surface area contributed by atoms with Crippen molar-refractivity contribution in [1.82, 2.24) is 5.32 Å². The van der Waals surface area contributed by atoms with Crippen molar-refractivity contribution >= 4 is 5.96 Å². The fourth-order valence-corrected chi connectivity index (χ4v) is 2.58. The van der Waals surface area contributed by atoms with Crippen LogP contribution in [0.1, 0.15) is 51.1 Å². The van der Waals surface area contributed by atoms with E-state index in [0.717, 1.165) is 37.7 Å². The number of para-hydroxylation sites is 1. The van der Waals surface area contributed by atoms with Gasteiger partial charge in [-0.3, -0.25) is 4.99 Å². The highest BCUT2D eigenvalue weighted by Gasteiger charge is 2.20. The first-order chi connectivity index (χ1) is 10.2. The Morgan fingerprint density at radius 3 is 3.00 bits per heavy atom. The molecular weight excluding hydrogens is 262 g/mol. The zero-order valence-corrected chi connectivity index (χ0v) is 13.1. The zero-order valence-electron chi connectivity index (χ0n) is 13.1. The van der Waals surface area contributed by atoms with Crippen LogP contribution < -0.4 is 15.8 Å². The highest BCUT2D eigenvalue weighted by atomic mass is 16.5. The Hall–Kier alpha value is -1.71. The fourth-order valence-electron chi connectivity index (χ4n) is 2.58. The van der Waals surface area contributed by atoms with E-state index < -0.39 is 0 Å². The number of nitrogens with two attached hydrogens (primary N) is 1. The van der Waals surface area contributed by atoms with Gasteiger partial charge in [0.25, 0.3) is 0 Å². The van der Waals surface area contributed by atoms with Crippen LogP contribution in [0.2, 0.25) is 0 Å². The Balaban J connectivity index is 1.82. The van der Waals surface area contributed by atoms with Crippen LogP contribution in [0.25, 0.3) is 0 Å². The average Bonchev–Trinajstić information content (AvgIpc) is 2.47. The van der Waals surface area contributed by atoms with E-state index in [9.17, 15) is 0 Å². The molecule has 2 rings (SSSR count). The summed E-state index contributed by atoms with van der Waals surface area (Å²) in [6, 6.07) is 8.31. The minimum Gasteiger partial charge on any atom is -0.493 e. The van der Waals surface area contributed by atoms with Crippen molar-refractivity contribution in [1.29, 1.82) is 0 Å². The Labute approximate surface area is 127 Å². The van der Waals surface area contributed by atoms with E-state index in [-0.39, 0.29) is 6.04 Å². The quantitative estimate of drug-likeness (QED) is 0.480. The molecule has 1 aromatic carbocycles. The maximum Gasteiger partial charge on any atom is 0.189 e. The van der Waals surface area contributed by atoms with Gasteiger partial charge in [0, 0.05) is 18.5 Å². The third kappa shape index (κ3) is 4.96. The van der Waals surface area contributed by atoms with E-state index in [2.05, 4.69) is 30.2 Å². The standard InChI is InChI=1S/C17H27N3O/c1-13(2)7-5-6-11-19-17(18)20-15-10-12-21-16-9-4-3-8-14(15)16/h3-4,8-9,13,15H,5-7,10-12H2,1-2H3,(H3,18,19,20). The number of ether oxygens (including phenoxy) is 1. The SMILES string of the molecule is CC(C)CCCCN=C(N)NC1CCOc2ccccc21. The summed E-state index contributed by atoms with van der Waals surface area (Å²) in [7, 11) is 0. The number of fused-ring (bicyclic) bond motifs is 1. The maximum absolute atomic E-state index is 6.00. The number of nitrogens with one attached hydrogen (secondary N) is 1. The topological polar surface area (TPSA) is 59.6 Å². The van der Waals surface area contributed by atoms with E-state index in [0.29, 0.717) is 5.96 Å². The molecule has 1 heterocycles. The van der Waals surface area contributed by atoms with Crippen LogP contribution in [0.15, 0.2) is 29.3 Å². The molecule has 21 heavy (non-hydrogen) atoms. The molecule has 4 nitrogen and oxygen atoms in total. The molecule has 0 spiro atoms. The molecule has 1 aliphatic rings. The van der Waals surface area contributed by atoms with Crippen molar-refractivity contribution in [3.63, 3.8) is 0 Å². The number of rotatable bonds is 6. The van der Waals surface area contributed by atoms with Crippen molar-refractivity contribution in [2.75, 3.05) is 13.2 Å². The minimum atomic E-state index is 0.203. The number of benzene rings is 1. The zero-order chi connectivity index (χ0) is 15.1. The largest absolute Gasteiger partial charge is 0.493 e. The second-order valence-electron chi connectivity index (χ2n) is 6.03. The molecule has 0 aromatic heterocycles. The number of guanidine groups is 1. The number of hydrogen-bond donors (Lipinski definition) is 2. The van der Waals surface area contributed by atoms with Crippen LogP contribution in [-0.4, -0.2) is 19.1 Å². The molecule has 4 heteroatoms. The first kappa shape index (κ1) is 15.7. The van der Waals surface area contributed by atoms with Crippen molar-refractivity contribution in [2.45, 2.75) is 45.6 Å². The summed E-state index contributed by atoms with van der Waals surface area (Å²) < 4.78 is 5.65. The van der Waals surface area contributed by atoms with Crippen LogP contribution in [0.4, 0.5) is 0 Å². The molecule has 1 unspecified atom stereocenters. The van der Waals surface area contributed by atoms with Gasteiger partial charge in [-0.1, -0.05) is 44.9 Å². The van der Waals surface area contributed by atoms with Crippen LogP contribution in [0.3, 0.4) is 0 Å². The summed E-state index contributed by atoms with van der Waals surface area (Å²) in [6.07, 6.45) is 4.50. The average molecular weight is 289 g/mol. The summed E-state index contributed by atoms with van der Waals surface area (Å²) in [5, 5.41) is 3.32. The monoisotopic (exact) mass is 289 g/mol. The molecule has 0 bridgehead atoms. The molecular formula is C17H27N3O.